The first kappa shape index (κ1) is 23.5. The van der Waals surface area contributed by atoms with Crippen molar-refractivity contribution in [2.24, 2.45) is 0 Å². The quantitative estimate of drug-likeness (QED) is 0.507. The highest BCUT2D eigenvalue weighted by Gasteiger charge is 2.33. The number of aromatic nitrogens is 1. The van der Waals surface area contributed by atoms with Crippen LogP contribution in [0, 0.1) is 0 Å². The molecular formula is C20H24BrF3N6O. The fraction of sp³-hybridized carbons (Fsp3) is 0.400. The first-order chi connectivity index (χ1) is 14.8. The minimum absolute atomic E-state index is 0.0559. The molecule has 3 rings (SSSR count). The number of benzene rings is 1. The summed E-state index contributed by atoms with van der Waals surface area (Å²) in [5, 5.41) is 4.74. The Morgan fingerprint density at radius 2 is 1.90 bits per heavy atom. The van der Waals surface area contributed by atoms with Gasteiger partial charge in [0.05, 0.1) is 23.9 Å². The molecule has 1 amide bonds. The number of hydrogen-bond acceptors (Lipinski definition) is 6. The van der Waals surface area contributed by atoms with E-state index >= 15 is 0 Å². The Bertz CT molecular complexity index is 885. The van der Waals surface area contributed by atoms with Crippen molar-refractivity contribution in [1.82, 2.24) is 21.0 Å². The molecule has 2 aromatic rings. The second kappa shape index (κ2) is 10.4. The fourth-order valence-electron chi connectivity index (χ4n) is 3.19. The maximum Gasteiger partial charge on any atom is 0.417 e. The number of amides is 1. The van der Waals surface area contributed by atoms with Crippen LogP contribution in [0.3, 0.4) is 0 Å². The zero-order valence-electron chi connectivity index (χ0n) is 17.0. The van der Waals surface area contributed by atoms with Crippen molar-refractivity contribution in [3.8, 4) is 0 Å². The van der Waals surface area contributed by atoms with Crippen molar-refractivity contribution >= 4 is 33.3 Å². The van der Waals surface area contributed by atoms with Crippen molar-refractivity contribution < 1.29 is 18.0 Å². The van der Waals surface area contributed by atoms with Crippen LogP contribution in [-0.4, -0.2) is 48.6 Å². The molecule has 0 bridgehead atoms. The van der Waals surface area contributed by atoms with Gasteiger partial charge in [-0.15, -0.1) is 0 Å². The van der Waals surface area contributed by atoms with E-state index in [4.69, 9.17) is 0 Å². The third kappa shape index (κ3) is 6.63. The van der Waals surface area contributed by atoms with Crippen molar-refractivity contribution in [1.29, 1.82) is 0 Å². The molecule has 1 aromatic carbocycles. The number of anilines is 2. The molecule has 11 heteroatoms. The summed E-state index contributed by atoms with van der Waals surface area (Å²) in [6.07, 6.45) is -2.98. The van der Waals surface area contributed by atoms with Gasteiger partial charge in [-0.2, -0.15) is 18.7 Å². The number of alkyl halides is 3. The molecule has 7 nitrogen and oxygen atoms in total. The highest BCUT2D eigenvalue weighted by atomic mass is 79.9. The highest BCUT2D eigenvalue weighted by Crippen LogP contribution is 2.35. The zero-order valence-corrected chi connectivity index (χ0v) is 18.6. The van der Waals surface area contributed by atoms with Crippen LogP contribution in [0.5, 0.6) is 0 Å². The summed E-state index contributed by atoms with van der Waals surface area (Å²) < 4.78 is 39.0. The number of halogens is 4. The summed E-state index contributed by atoms with van der Waals surface area (Å²) in [7, 11) is 0. The number of carbonyl (C=O) groups is 1. The molecule has 1 fully saturated rings. The monoisotopic (exact) mass is 500 g/mol. The number of nitrogens with one attached hydrogen (secondary N) is 3. The standard InChI is InChI=1S/C20H24BrF3N6O/c1-2-26-28-30-9-7-29(8-10-30)15-4-6-18(25-13-15)27-19(31)12-14-3-5-17(21)16(11-14)20(22,23)24/h3-6,11,13,26,28H,2,7-10,12H2,1H3,(H,25,27,31). The van der Waals surface area contributed by atoms with E-state index in [-0.39, 0.29) is 16.5 Å². The van der Waals surface area contributed by atoms with Crippen molar-refractivity contribution in [2.45, 2.75) is 19.5 Å². The maximum absolute atomic E-state index is 13.0. The van der Waals surface area contributed by atoms with E-state index in [1.54, 1.807) is 12.3 Å². The van der Waals surface area contributed by atoms with Gasteiger partial charge in [0.25, 0.3) is 0 Å². The van der Waals surface area contributed by atoms with Crippen molar-refractivity contribution in [3.05, 3.63) is 52.1 Å². The lowest BCUT2D eigenvalue weighted by Crippen LogP contribution is -2.56. The summed E-state index contributed by atoms with van der Waals surface area (Å²) in [4.78, 5) is 18.7. The number of hydrazine groups is 2. The molecule has 0 radical (unpaired) electrons. The fourth-order valence-corrected chi connectivity index (χ4v) is 3.66. The van der Waals surface area contributed by atoms with Crippen LogP contribution >= 0.6 is 15.9 Å². The number of hydrogen-bond donors (Lipinski definition) is 3. The topological polar surface area (TPSA) is 72.5 Å². The molecule has 1 aliphatic rings. The first-order valence-electron chi connectivity index (χ1n) is 9.86. The van der Waals surface area contributed by atoms with E-state index in [1.807, 2.05) is 13.0 Å². The van der Waals surface area contributed by atoms with Crippen LogP contribution in [0.15, 0.2) is 41.0 Å². The molecule has 1 aliphatic heterocycles. The van der Waals surface area contributed by atoms with E-state index in [0.29, 0.717) is 5.82 Å². The molecule has 0 spiro atoms. The lowest BCUT2D eigenvalue weighted by molar-refractivity contribution is -0.138. The van der Waals surface area contributed by atoms with Crippen molar-refractivity contribution in [3.63, 3.8) is 0 Å². The molecule has 31 heavy (non-hydrogen) atoms. The van der Waals surface area contributed by atoms with Crippen LogP contribution in [0.4, 0.5) is 24.7 Å². The smallest absolute Gasteiger partial charge is 0.368 e. The van der Waals surface area contributed by atoms with Crippen LogP contribution < -0.4 is 21.2 Å². The predicted molar refractivity (Wildman–Crippen MR) is 116 cm³/mol. The maximum atomic E-state index is 13.0. The molecule has 2 heterocycles. The minimum atomic E-state index is -4.49. The average molecular weight is 501 g/mol. The Kier molecular flexibility index (Phi) is 7.87. The molecular weight excluding hydrogens is 477 g/mol. The van der Waals surface area contributed by atoms with Crippen LogP contribution in [-0.2, 0) is 17.4 Å². The molecule has 0 aliphatic carbocycles. The molecule has 0 unspecified atom stereocenters. The first-order valence-corrected chi connectivity index (χ1v) is 10.7. The number of rotatable bonds is 7. The largest absolute Gasteiger partial charge is 0.417 e. The van der Waals surface area contributed by atoms with E-state index in [2.05, 4.69) is 47.1 Å². The predicted octanol–water partition coefficient (Wildman–Crippen LogP) is 3.20. The summed E-state index contributed by atoms with van der Waals surface area (Å²) >= 11 is 2.90. The van der Waals surface area contributed by atoms with Gasteiger partial charge in [0.15, 0.2) is 0 Å². The second-order valence-electron chi connectivity index (χ2n) is 7.05. The van der Waals surface area contributed by atoms with Gasteiger partial charge >= 0.3 is 6.18 Å². The average Bonchev–Trinajstić information content (AvgIpc) is 2.74. The molecule has 168 valence electrons. The number of pyridine rings is 1. The Hall–Kier alpha value is -2.21. The summed E-state index contributed by atoms with van der Waals surface area (Å²) in [5.41, 5.74) is 6.63. The lowest BCUT2D eigenvalue weighted by atomic mass is 10.1. The Balaban J connectivity index is 1.54. The molecule has 1 saturated heterocycles. The van der Waals surface area contributed by atoms with E-state index in [1.165, 1.54) is 12.1 Å². The molecule has 0 atom stereocenters. The summed E-state index contributed by atoms with van der Waals surface area (Å²) in [5.74, 6) is -0.0758. The van der Waals surface area contributed by atoms with Gasteiger partial charge in [-0.1, -0.05) is 28.9 Å². The van der Waals surface area contributed by atoms with E-state index < -0.39 is 17.6 Å². The van der Waals surface area contributed by atoms with Gasteiger partial charge in [0.2, 0.25) is 5.91 Å². The molecule has 0 saturated carbocycles. The van der Waals surface area contributed by atoms with Gasteiger partial charge < -0.3 is 10.2 Å². The number of nitrogens with zero attached hydrogens (tertiary/aromatic N) is 3. The van der Waals surface area contributed by atoms with E-state index in [9.17, 15) is 18.0 Å². The second-order valence-corrected chi connectivity index (χ2v) is 7.91. The van der Waals surface area contributed by atoms with Crippen molar-refractivity contribution in [2.75, 3.05) is 42.9 Å². The highest BCUT2D eigenvalue weighted by molar-refractivity contribution is 9.10. The Morgan fingerprint density at radius 1 is 1.16 bits per heavy atom. The third-order valence-corrected chi connectivity index (χ3v) is 5.47. The third-order valence-electron chi connectivity index (χ3n) is 4.77. The Labute approximate surface area is 187 Å². The van der Waals surface area contributed by atoms with Gasteiger partial charge in [-0.25, -0.2) is 15.4 Å². The number of piperazine rings is 1. The molecule has 3 N–H and O–H groups in total. The van der Waals surface area contributed by atoms with Gasteiger partial charge in [-0.05, 0) is 29.8 Å². The summed E-state index contributed by atoms with van der Waals surface area (Å²) in [6.45, 7) is 6.21. The summed E-state index contributed by atoms with van der Waals surface area (Å²) in [6, 6.07) is 7.33. The lowest BCUT2D eigenvalue weighted by Gasteiger charge is -2.35. The van der Waals surface area contributed by atoms with Crippen LogP contribution in [0.2, 0.25) is 0 Å². The Morgan fingerprint density at radius 3 is 2.52 bits per heavy atom. The minimum Gasteiger partial charge on any atom is -0.368 e. The van der Waals surface area contributed by atoms with Crippen LogP contribution in [0.1, 0.15) is 18.1 Å². The van der Waals surface area contributed by atoms with Gasteiger partial charge in [-0.3, -0.25) is 4.79 Å². The number of carbonyl (C=O) groups excluding carboxylic acids is 1. The SMILES string of the molecule is CCNNN1CCN(c2ccc(NC(=O)Cc3ccc(Br)c(C(F)(F)F)c3)nc2)CC1. The zero-order chi connectivity index (χ0) is 22.4. The molecule has 1 aromatic heterocycles. The van der Waals surface area contributed by atoms with Gasteiger partial charge in [0.1, 0.15) is 5.82 Å². The normalized spacial score (nSPS) is 15.2. The van der Waals surface area contributed by atoms with E-state index in [0.717, 1.165) is 44.5 Å². The van der Waals surface area contributed by atoms with Crippen LogP contribution in [0.25, 0.3) is 0 Å². The van der Waals surface area contributed by atoms with Gasteiger partial charge in [0, 0.05) is 37.2 Å².